The van der Waals surface area contributed by atoms with E-state index in [4.69, 9.17) is 0 Å². The largest absolute Gasteiger partial charge is 0.508 e. The number of hydrogen-bond donors (Lipinski definition) is 2. The molecule has 0 saturated heterocycles. The molecule has 0 aromatic heterocycles. The minimum atomic E-state index is -0.256. The van der Waals surface area contributed by atoms with Crippen LogP contribution in [-0.2, 0) is 6.54 Å². The molecule has 0 amide bonds. The Morgan fingerprint density at radius 1 is 1.12 bits per heavy atom. The highest BCUT2D eigenvalue weighted by molar-refractivity contribution is 5.45. The lowest BCUT2D eigenvalue weighted by molar-refractivity contribution is 0.469. The van der Waals surface area contributed by atoms with Gasteiger partial charge in [0.05, 0.1) is 0 Å². The molecule has 0 aliphatic carbocycles. The normalized spacial score (nSPS) is 10.2. The van der Waals surface area contributed by atoms with E-state index in [9.17, 15) is 9.50 Å². The van der Waals surface area contributed by atoms with Crippen molar-refractivity contribution in [2.45, 2.75) is 13.5 Å². The number of aromatic hydroxyl groups is 1. The molecule has 0 spiro atoms. The third-order valence-electron chi connectivity index (χ3n) is 2.56. The predicted molar refractivity (Wildman–Crippen MR) is 66.6 cm³/mol. The summed E-state index contributed by atoms with van der Waals surface area (Å²) in [5, 5.41) is 12.8. The maximum atomic E-state index is 12.7. The van der Waals surface area contributed by atoms with Crippen molar-refractivity contribution in [2.75, 3.05) is 5.32 Å². The molecule has 0 unspecified atom stereocenters. The summed E-state index contributed by atoms with van der Waals surface area (Å²) in [6, 6.07) is 11.6. The van der Waals surface area contributed by atoms with Gasteiger partial charge in [0.2, 0.25) is 0 Å². The van der Waals surface area contributed by atoms with Crippen LogP contribution in [0, 0.1) is 12.7 Å². The first-order valence-corrected chi connectivity index (χ1v) is 5.43. The van der Waals surface area contributed by atoms with Gasteiger partial charge in [-0.05, 0) is 37.3 Å². The lowest BCUT2D eigenvalue weighted by Crippen LogP contribution is -2.00. The minimum absolute atomic E-state index is 0.256. The van der Waals surface area contributed by atoms with Gasteiger partial charge in [-0.25, -0.2) is 4.39 Å². The van der Waals surface area contributed by atoms with E-state index in [1.807, 2.05) is 19.1 Å². The third-order valence-corrected chi connectivity index (χ3v) is 2.56. The van der Waals surface area contributed by atoms with Gasteiger partial charge in [-0.1, -0.05) is 17.7 Å². The average molecular weight is 231 g/mol. The average Bonchev–Trinajstić information content (AvgIpc) is 2.32. The topological polar surface area (TPSA) is 32.3 Å². The molecule has 0 heterocycles. The molecule has 2 aromatic rings. The van der Waals surface area contributed by atoms with E-state index in [0.29, 0.717) is 6.54 Å². The fourth-order valence-corrected chi connectivity index (χ4v) is 1.62. The highest BCUT2D eigenvalue weighted by atomic mass is 19.1. The molecular formula is C14H14FNO. The van der Waals surface area contributed by atoms with Crippen LogP contribution in [0.3, 0.4) is 0 Å². The summed E-state index contributed by atoms with van der Waals surface area (Å²) in [6.45, 7) is 2.49. The Bertz CT molecular complexity index is 508. The van der Waals surface area contributed by atoms with Gasteiger partial charge in [0.1, 0.15) is 11.6 Å². The summed E-state index contributed by atoms with van der Waals surface area (Å²) in [5.74, 6) is 0.0131. The fourth-order valence-electron chi connectivity index (χ4n) is 1.62. The minimum Gasteiger partial charge on any atom is -0.508 e. The molecule has 88 valence electrons. The first kappa shape index (κ1) is 11.5. The molecule has 0 bridgehead atoms. The van der Waals surface area contributed by atoms with Crippen LogP contribution in [0.25, 0.3) is 0 Å². The number of hydrogen-bond acceptors (Lipinski definition) is 2. The van der Waals surface area contributed by atoms with Crippen LogP contribution in [0.4, 0.5) is 10.1 Å². The van der Waals surface area contributed by atoms with Crippen molar-refractivity contribution in [1.82, 2.24) is 0 Å². The number of phenols is 1. The number of rotatable bonds is 3. The van der Waals surface area contributed by atoms with Gasteiger partial charge in [0.25, 0.3) is 0 Å². The maximum absolute atomic E-state index is 12.7. The van der Waals surface area contributed by atoms with Gasteiger partial charge >= 0.3 is 0 Å². The molecule has 2 N–H and O–H groups in total. The quantitative estimate of drug-likeness (QED) is 0.848. The van der Waals surface area contributed by atoms with E-state index in [2.05, 4.69) is 5.32 Å². The Kier molecular flexibility index (Phi) is 3.28. The van der Waals surface area contributed by atoms with E-state index < -0.39 is 0 Å². The van der Waals surface area contributed by atoms with E-state index in [0.717, 1.165) is 16.8 Å². The second-order valence-corrected chi connectivity index (χ2v) is 3.99. The summed E-state index contributed by atoms with van der Waals surface area (Å²) < 4.78 is 12.7. The predicted octanol–water partition coefficient (Wildman–Crippen LogP) is 3.45. The lowest BCUT2D eigenvalue weighted by Gasteiger charge is -2.08. The van der Waals surface area contributed by atoms with Crippen molar-refractivity contribution in [2.24, 2.45) is 0 Å². The summed E-state index contributed by atoms with van der Waals surface area (Å²) in [5.41, 5.74) is 2.75. The monoisotopic (exact) mass is 231 g/mol. The van der Waals surface area contributed by atoms with Crippen molar-refractivity contribution in [3.05, 3.63) is 59.4 Å². The fraction of sp³-hybridized carbons (Fsp3) is 0.143. The van der Waals surface area contributed by atoms with Crippen LogP contribution >= 0.6 is 0 Å². The highest BCUT2D eigenvalue weighted by Gasteiger charge is 2.01. The molecule has 0 saturated carbocycles. The lowest BCUT2D eigenvalue weighted by atomic mass is 10.1. The number of anilines is 1. The molecule has 0 fully saturated rings. The van der Waals surface area contributed by atoms with Crippen LogP contribution in [-0.4, -0.2) is 5.11 Å². The molecule has 0 aliphatic rings. The Balaban J connectivity index is 2.07. The van der Waals surface area contributed by atoms with Crippen LogP contribution in [0.5, 0.6) is 5.75 Å². The Labute approximate surface area is 99.7 Å². The standard InChI is InChI=1S/C14H14FNO/c1-10-2-7-14(17)11(8-10)9-16-13-5-3-12(15)4-6-13/h2-8,16-17H,9H2,1H3. The van der Waals surface area contributed by atoms with E-state index in [-0.39, 0.29) is 11.6 Å². The summed E-state index contributed by atoms with van der Waals surface area (Å²) >= 11 is 0. The second-order valence-electron chi connectivity index (χ2n) is 3.99. The van der Waals surface area contributed by atoms with Crippen molar-refractivity contribution < 1.29 is 9.50 Å². The number of aryl methyl sites for hydroxylation is 1. The van der Waals surface area contributed by atoms with Gasteiger partial charge in [-0.2, -0.15) is 0 Å². The second kappa shape index (κ2) is 4.87. The zero-order chi connectivity index (χ0) is 12.3. The Morgan fingerprint density at radius 3 is 2.53 bits per heavy atom. The number of nitrogens with one attached hydrogen (secondary N) is 1. The molecule has 2 aromatic carbocycles. The maximum Gasteiger partial charge on any atom is 0.123 e. The molecule has 0 radical (unpaired) electrons. The van der Waals surface area contributed by atoms with Gasteiger partial charge in [-0.15, -0.1) is 0 Å². The number of phenolic OH excluding ortho intramolecular Hbond substituents is 1. The first-order chi connectivity index (χ1) is 8.15. The van der Waals surface area contributed by atoms with Gasteiger partial charge < -0.3 is 10.4 Å². The van der Waals surface area contributed by atoms with Gasteiger partial charge in [0.15, 0.2) is 0 Å². The first-order valence-electron chi connectivity index (χ1n) is 5.43. The van der Waals surface area contributed by atoms with Crippen LogP contribution in [0.2, 0.25) is 0 Å². The summed E-state index contributed by atoms with van der Waals surface area (Å²) in [6.07, 6.45) is 0. The number of benzene rings is 2. The van der Waals surface area contributed by atoms with Crippen molar-refractivity contribution in [3.8, 4) is 5.75 Å². The number of halogens is 1. The van der Waals surface area contributed by atoms with Crippen molar-refractivity contribution >= 4 is 5.69 Å². The molecule has 0 atom stereocenters. The SMILES string of the molecule is Cc1ccc(O)c(CNc2ccc(F)cc2)c1. The smallest absolute Gasteiger partial charge is 0.123 e. The van der Waals surface area contributed by atoms with Crippen molar-refractivity contribution in [1.29, 1.82) is 0 Å². The van der Waals surface area contributed by atoms with Gasteiger partial charge in [0, 0.05) is 17.8 Å². The summed E-state index contributed by atoms with van der Waals surface area (Å²) in [7, 11) is 0. The highest BCUT2D eigenvalue weighted by Crippen LogP contribution is 2.19. The summed E-state index contributed by atoms with van der Waals surface area (Å²) in [4.78, 5) is 0. The zero-order valence-corrected chi connectivity index (χ0v) is 9.57. The molecule has 17 heavy (non-hydrogen) atoms. The molecule has 3 heteroatoms. The molecule has 2 rings (SSSR count). The van der Waals surface area contributed by atoms with E-state index in [1.54, 1.807) is 18.2 Å². The van der Waals surface area contributed by atoms with Crippen LogP contribution in [0.15, 0.2) is 42.5 Å². The Hall–Kier alpha value is -2.03. The zero-order valence-electron chi connectivity index (χ0n) is 9.57. The van der Waals surface area contributed by atoms with Crippen LogP contribution < -0.4 is 5.32 Å². The van der Waals surface area contributed by atoms with Crippen molar-refractivity contribution in [3.63, 3.8) is 0 Å². The molecular weight excluding hydrogens is 217 g/mol. The van der Waals surface area contributed by atoms with Crippen LogP contribution in [0.1, 0.15) is 11.1 Å². The van der Waals surface area contributed by atoms with Gasteiger partial charge in [-0.3, -0.25) is 0 Å². The van der Waals surface area contributed by atoms with E-state index in [1.165, 1.54) is 12.1 Å². The third kappa shape index (κ3) is 2.97. The molecule has 0 aliphatic heterocycles. The Morgan fingerprint density at radius 2 is 1.82 bits per heavy atom. The van der Waals surface area contributed by atoms with E-state index >= 15 is 0 Å². The molecule has 2 nitrogen and oxygen atoms in total.